The molecule has 2 aromatic rings. The minimum atomic E-state index is 0.651. The van der Waals surface area contributed by atoms with Crippen LogP contribution in [-0.2, 0) is 19.6 Å². The molecule has 0 spiro atoms. The third-order valence-corrected chi connectivity index (χ3v) is 3.76. The third kappa shape index (κ3) is 5.07. The molecule has 0 aliphatic heterocycles. The van der Waals surface area contributed by atoms with E-state index in [9.17, 15) is 0 Å². The molecule has 4 nitrogen and oxygen atoms in total. The largest absolute Gasteiger partial charge is 0.360 e. The van der Waals surface area contributed by atoms with Crippen molar-refractivity contribution >= 4 is 11.3 Å². The van der Waals surface area contributed by atoms with Crippen molar-refractivity contribution in [3.05, 3.63) is 39.9 Å². The van der Waals surface area contributed by atoms with E-state index in [1.807, 2.05) is 6.07 Å². The van der Waals surface area contributed by atoms with Crippen LogP contribution >= 0.6 is 11.3 Å². The Morgan fingerprint density at radius 2 is 2.25 bits per heavy atom. The van der Waals surface area contributed by atoms with Crippen LogP contribution in [0.5, 0.6) is 0 Å². The van der Waals surface area contributed by atoms with E-state index < -0.39 is 0 Å². The first-order valence-corrected chi connectivity index (χ1v) is 7.87. The van der Waals surface area contributed by atoms with Gasteiger partial charge in [-0.25, -0.2) is 0 Å². The number of rotatable bonds is 8. The van der Waals surface area contributed by atoms with Crippen LogP contribution in [0.1, 0.15) is 30.2 Å². The summed E-state index contributed by atoms with van der Waals surface area (Å²) in [5, 5.41) is 9.58. The Hall–Kier alpha value is -1.17. The quantitative estimate of drug-likeness (QED) is 0.812. The van der Waals surface area contributed by atoms with Crippen LogP contribution in [0, 0.1) is 5.92 Å². The van der Waals surface area contributed by atoms with Crippen molar-refractivity contribution in [2.24, 2.45) is 5.92 Å². The predicted octanol–water partition coefficient (Wildman–Crippen LogP) is 3.11. The van der Waals surface area contributed by atoms with Gasteiger partial charge in [0.05, 0.1) is 12.2 Å². The van der Waals surface area contributed by atoms with Crippen LogP contribution in [0.25, 0.3) is 0 Å². The molecule has 2 rings (SSSR count). The van der Waals surface area contributed by atoms with Gasteiger partial charge in [0.1, 0.15) is 0 Å². The summed E-state index contributed by atoms with van der Waals surface area (Å²) in [5.74, 6) is 1.57. The van der Waals surface area contributed by atoms with E-state index in [2.05, 4.69) is 53.8 Å². The fourth-order valence-corrected chi connectivity index (χ4v) is 2.78. The summed E-state index contributed by atoms with van der Waals surface area (Å²) in [4.78, 5) is 3.60. The Labute approximate surface area is 124 Å². The Morgan fingerprint density at radius 3 is 2.95 bits per heavy atom. The molecule has 1 N–H and O–H groups in total. The van der Waals surface area contributed by atoms with Crippen LogP contribution in [0.2, 0.25) is 0 Å². The highest BCUT2D eigenvalue weighted by Gasteiger charge is 2.08. The Balaban J connectivity index is 1.77. The number of aromatic nitrogens is 1. The van der Waals surface area contributed by atoms with Gasteiger partial charge in [0.2, 0.25) is 0 Å². The lowest BCUT2D eigenvalue weighted by atomic mass is 10.2. The Kier molecular flexibility index (Phi) is 5.76. The first-order valence-electron chi connectivity index (χ1n) is 6.99. The molecule has 0 bridgehead atoms. The van der Waals surface area contributed by atoms with Gasteiger partial charge in [0.25, 0.3) is 0 Å². The van der Waals surface area contributed by atoms with Crippen LogP contribution < -0.4 is 5.32 Å². The molecule has 0 atom stereocenters. The zero-order valence-corrected chi connectivity index (χ0v) is 13.2. The van der Waals surface area contributed by atoms with Gasteiger partial charge in [-0.2, -0.15) is 0 Å². The molecule has 0 aromatic carbocycles. The lowest BCUT2D eigenvalue weighted by Crippen LogP contribution is -2.19. The summed E-state index contributed by atoms with van der Waals surface area (Å²) < 4.78 is 5.38. The van der Waals surface area contributed by atoms with Crippen LogP contribution in [0.15, 0.2) is 28.1 Å². The number of hydrogen-bond acceptors (Lipinski definition) is 5. The van der Waals surface area contributed by atoms with Gasteiger partial charge in [-0.05, 0) is 31.0 Å². The maximum atomic E-state index is 5.38. The first-order chi connectivity index (χ1) is 9.63. The molecule has 5 heteroatoms. The predicted molar refractivity (Wildman–Crippen MR) is 82.5 cm³/mol. The average Bonchev–Trinajstić information content (AvgIpc) is 3.01. The summed E-state index contributed by atoms with van der Waals surface area (Å²) in [6.07, 6.45) is 0. The van der Waals surface area contributed by atoms with Gasteiger partial charge < -0.3 is 9.84 Å². The van der Waals surface area contributed by atoms with E-state index >= 15 is 0 Å². The molecule has 110 valence electrons. The van der Waals surface area contributed by atoms with Gasteiger partial charge >= 0.3 is 0 Å². The van der Waals surface area contributed by atoms with Crippen molar-refractivity contribution in [1.82, 2.24) is 15.4 Å². The van der Waals surface area contributed by atoms with E-state index in [4.69, 9.17) is 4.52 Å². The fraction of sp³-hybridized carbons (Fsp3) is 0.533. The summed E-state index contributed by atoms with van der Waals surface area (Å²) in [6, 6.07) is 6.28. The number of nitrogens with one attached hydrogen (secondary N) is 1. The van der Waals surface area contributed by atoms with E-state index in [0.29, 0.717) is 5.92 Å². The molecule has 2 aromatic heterocycles. The summed E-state index contributed by atoms with van der Waals surface area (Å²) in [7, 11) is 2.10. The summed E-state index contributed by atoms with van der Waals surface area (Å²) in [6.45, 7) is 7.90. The first kappa shape index (κ1) is 15.2. The molecule has 20 heavy (non-hydrogen) atoms. The highest BCUT2D eigenvalue weighted by molar-refractivity contribution is 7.09. The van der Waals surface area contributed by atoms with Crippen molar-refractivity contribution in [2.45, 2.75) is 33.5 Å². The number of nitrogens with zero attached hydrogens (tertiary/aromatic N) is 2. The molecule has 0 saturated heterocycles. The third-order valence-electron chi connectivity index (χ3n) is 2.90. The van der Waals surface area contributed by atoms with Crippen molar-refractivity contribution in [3.8, 4) is 0 Å². The van der Waals surface area contributed by atoms with Crippen molar-refractivity contribution in [1.29, 1.82) is 0 Å². The van der Waals surface area contributed by atoms with Gasteiger partial charge in [0, 0.05) is 24.0 Å². The van der Waals surface area contributed by atoms with Crippen molar-refractivity contribution in [2.75, 3.05) is 13.6 Å². The molecule has 0 fully saturated rings. The zero-order valence-electron chi connectivity index (χ0n) is 12.4. The van der Waals surface area contributed by atoms with E-state index in [1.165, 1.54) is 4.88 Å². The second-order valence-corrected chi connectivity index (χ2v) is 6.59. The van der Waals surface area contributed by atoms with E-state index in [-0.39, 0.29) is 0 Å². The topological polar surface area (TPSA) is 41.3 Å². The van der Waals surface area contributed by atoms with E-state index in [0.717, 1.165) is 37.6 Å². The maximum Gasteiger partial charge on any atom is 0.151 e. The SMILES string of the molecule is CC(C)CNCc1cc(CN(C)Cc2cccs2)on1. The van der Waals surface area contributed by atoms with Crippen LogP contribution in [0.3, 0.4) is 0 Å². The smallest absolute Gasteiger partial charge is 0.151 e. The molecule has 0 aliphatic carbocycles. The molecule has 0 saturated carbocycles. The van der Waals surface area contributed by atoms with Gasteiger partial charge in [-0.15, -0.1) is 11.3 Å². The minimum absolute atomic E-state index is 0.651. The lowest BCUT2D eigenvalue weighted by molar-refractivity contribution is 0.267. The van der Waals surface area contributed by atoms with Gasteiger partial charge in [-0.1, -0.05) is 25.1 Å². The normalized spacial score (nSPS) is 11.7. The minimum Gasteiger partial charge on any atom is -0.360 e. The Morgan fingerprint density at radius 1 is 1.40 bits per heavy atom. The molecule has 0 radical (unpaired) electrons. The second kappa shape index (κ2) is 7.57. The molecule has 0 unspecified atom stereocenters. The summed E-state index contributed by atoms with van der Waals surface area (Å²) in [5.41, 5.74) is 0.977. The monoisotopic (exact) mass is 293 g/mol. The molecule has 0 amide bonds. The Bertz CT molecular complexity index is 493. The number of hydrogen-bond donors (Lipinski definition) is 1. The van der Waals surface area contributed by atoms with Crippen LogP contribution in [-0.4, -0.2) is 23.6 Å². The standard InChI is InChI=1S/C15H23N3OS/c1-12(2)8-16-9-13-7-14(19-17-13)10-18(3)11-15-5-4-6-20-15/h4-7,12,16H,8-11H2,1-3H3. The maximum absolute atomic E-state index is 5.38. The number of thiophene rings is 1. The second-order valence-electron chi connectivity index (χ2n) is 5.56. The van der Waals surface area contributed by atoms with Crippen molar-refractivity contribution in [3.63, 3.8) is 0 Å². The van der Waals surface area contributed by atoms with Crippen molar-refractivity contribution < 1.29 is 4.52 Å². The van der Waals surface area contributed by atoms with E-state index in [1.54, 1.807) is 11.3 Å². The van der Waals surface area contributed by atoms with Crippen LogP contribution in [0.4, 0.5) is 0 Å². The molecular weight excluding hydrogens is 270 g/mol. The molecule has 2 heterocycles. The molecule has 0 aliphatic rings. The van der Waals surface area contributed by atoms with Gasteiger partial charge in [-0.3, -0.25) is 4.90 Å². The highest BCUT2D eigenvalue weighted by atomic mass is 32.1. The zero-order chi connectivity index (χ0) is 14.4. The van der Waals surface area contributed by atoms with Gasteiger partial charge in [0.15, 0.2) is 5.76 Å². The fourth-order valence-electron chi connectivity index (χ4n) is 1.99. The lowest BCUT2D eigenvalue weighted by Gasteiger charge is -2.12. The molecular formula is C15H23N3OS. The highest BCUT2D eigenvalue weighted by Crippen LogP contribution is 2.13. The summed E-state index contributed by atoms with van der Waals surface area (Å²) >= 11 is 1.78. The average molecular weight is 293 g/mol.